The molecular weight excluding hydrogens is 701 g/mol. The van der Waals surface area contributed by atoms with Gasteiger partial charge in [-0.1, -0.05) is 164 Å². The first-order valence-electron chi connectivity index (χ1n) is 20.0. The number of nitrogens with zero attached hydrogens (tertiary/aromatic N) is 2. The molecule has 0 fully saturated rings. The fourth-order valence-electron chi connectivity index (χ4n) is 9.44. The van der Waals surface area contributed by atoms with Gasteiger partial charge in [0.1, 0.15) is 0 Å². The van der Waals surface area contributed by atoms with E-state index in [0.717, 1.165) is 11.4 Å². The summed E-state index contributed by atoms with van der Waals surface area (Å²) in [5.41, 5.74) is 14.3. The Morgan fingerprint density at radius 1 is 0.224 bits per heavy atom. The summed E-state index contributed by atoms with van der Waals surface area (Å²) < 4.78 is 4.88. The molecule has 0 aliphatic carbocycles. The second-order valence-electron chi connectivity index (χ2n) is 15.3. The van der Waals surface area contributed by atoms with Crippen LogP contribution in [0.3, 0.4) is 0 Å². The van der Waals surface area contributed by atoms with Crippen LogP contribution < -0.4 is 0 Å². The molecule has 0 amide bonds. The summed E-state index contributed by atoms with van der Waals surface area (Å²) in [7, 11) is 0. The first-order chi connectivity index (χ1) is 28.8. The molecule has 0 saturated heterocycles. The largest absolute Gasteiger partial charge is 0.309 e. The first-order valence-corrected chi connectivity index (χ1v) is 20.0. The lowest BCUT2D eigenvalue weighted by molar-refractivity contribution is 1.18. The minimum atomic E-state index is 1.14. The third-order valence-electron chi connectivity index (χ3n) is 12.1. The van der Waals surface area contributed by atoms with E-state index in [1.54, 1.807) is 0 Å². The van der Waals surface area contributed by atoms with E-state index in [1.165, 1.54) is 98.5 Å². The molecule has 12 aromatic rings. The van der Waals surface area contributed by atoms with Crippen molar-refractivity contribution in [2.75, 3.05) is 0 Å². The van der Waals surface area contributed by atoms with Gasteiger partial charge in [0.2, 0.25) is 0 Å². The lowest BCUT2D eigenvalue weighted by atomic mass is 9.92. The molecule has 0 spiro atoms. The van der Waals surface area contributed by atoms with Crippen molar-refractivity contribution in [1.82, 2.24) is 9.13 Å². The third kappa shape index (κ3) is 5.05. The lowest BCUT2D eigenvalue weighted by Crippen LogP contribution is -1.97. The molecule has 2 heterocycles. The summed E-state index contributed by atoms with van der Waals surface area (Å²) in [6.45, 7) is 0. The quantitative estimate of drug-likeness (QED) is 0.167. The van der Waals surface area contributed by atoms with Gasteiger partial charge in [-0.2, -0.15) is 0 Å². The van der Waals surface area contributed by atoms with E-state index < -0.39 is 0 Å². The predicted molar refractivity (Wildman–Crippen MR) is 246 cm³/mol. The lowest BCUT2D eigenvalue weighted by Gasteiger charge is -2.16. The van der Waals surface area contributed by atoms with Gasteiger partial charge in [0.15, 0.2) is 0 Å². The second kappa shape index (κ2) is 12.9. The van der Waals surface area contributed by atoms with E-state index in [4.69, 9.17) is 0 Å². The predicted octanol–water partition coefficient (Wildman–Crippen LogP) is 15.2. The molecule has 2 nitrogen and oxygen atoms in total. The van der Waals surface area contributed by atoms with Crippen molar-refractivity contribution in [3.63, 3.8) is 0 Å². The van der Waals surface area contributed by atoms with E-state index in [1.807, 2.05) is 0 Å². The van der Waals surface area contributed by atoms with E-state index in [-0.39, 0.29) is 0 Å². The number of fused-ring (bicyclic) bond motifs is 8. The van der Waals surface area contributed by atoms with E-state index in [0.29, 0.717) is 0 Å². The fourth-order valence-corrected chi connectivity index (χ4v) is 9.44. The van der Waals surface area contributed by atoms with Crippen LogP contribution in [-0.4, -0.2) is 9.13 Å². The normalized spacial score (nSPS) is 11.8. The van der Waals surface area contributed by atoms with Crippen LogP contribution in [0.1, 0.15) is 0 Å². The molecule has 0 aliphatic rings. The number of hydrogen-bond acceptors (Lipinski definition) is 0. The SMILES string of the molecule is c1ccc(-n2c3ccccc3c3ccc(-c4ccc5c6ccccc6n(-c6cc(-c7cccc8ccccc78)cc(-c7cccc8ccccc78)c6)c5c4)cc32)cc1. The van der Waals surface area contributed by atoms with Crippen molar-refractivity contribution >= 4 is 65.2 Å². The Kier molecular flexibility index (Phi) is 7.26. The minimum absolute atomic E-state index is 1.14. The van der Waals surface area contributed by atoms with Crippen LogP contribution in [0.25, 0.3) is 110 Å². The van der Waals surface area contributed by atoms with Crippen LogP contribution in [0.4, 0.5) is 0 Å². The minimum Gasteiger partial charge on any atom is -0.309 e. The number of para-hydroxylation sites is 3. The van der Waals surface area contributed by atoms with Gasteiger partial charge in [-0.3, -0.25) is 0 Å². The molecule has 0 atom stereocenters. The van der Waals surface area contributed by atoms with Crippen molar-refractivity contribution in [3.8, 4) is 44.8 Å². The summed E-state index contributed by atoms with van der Waals surface area (Å²) in [5, 5.41) is 9.97. The molecule has 10 aromatic carbocycles. The highest BCUT2D eigenvalue weighted by Crippen LogP contribution is 2.41. The van der Waals surface area contributed by atoms with Gasteiger partial charge in [0.05, 0.1) is 22.1 Å². The standard InChI is InChI=1S/C56H36N2/c1-2-18-43(19-3-1)57-53-26-10-8-22-49(53)51-30-28-39(35-55(51)57)40-29-31-52-50-23-9-11-27-54(50)58(56(52)36-40)44-33-41(47-24-12-16-37-14-4-6-20-45(37)47)32-42(34-44)48-25-13-17-38-15-5-7-21-46(38)48/h1-36H. The van der Waals surface area contributed by atoms with Crippen LogP contribution in [0.2, 0.25) is 0 Å². The highest BCUT2D eigenvalue weighted by molar-refractivity contribution is 6.12. The maximum Gasteiger partial charge on any atom is 0.0547 e. The van der Waals surface area contributed by atoms with Gasteiger partial charge in [0.25, 0.3) is 0 Å². The molecule has 58 heavy (non-hydrogen) atoms. The average molecular weight is 737 g/mol. The Balaban J connectivity index is 1.12. The third-order valence-corrected chi connectivity index (χ3v) is 12.1. The van der Waals surface area contributed by atoms with Crippen LogP contribution in [0.5, 0.6) is 0 Å². The molecule has 0 N–H and O–H groups in total. The highest BCUT2D eigenvalue weighted by atomic mass is 15.0. The maximum atomic E-state index is 2.48. The molecule has 0 radical (unpaired) electrons. The number of aromatic nitrogens is 2. The van der Waals surface area contributed by atoms with Gasteiger partial charge in [-0.15, -0.1) is 0 Å². The van der Waals surface area contributed by atoms with Crippen LogP contribution >= 0.6 is 0 Å². The average Bonchev–Trinajstić information content (AvgIpc) is 3.81. The van der Waals surface area contributed by atoms with Crippen LogP contribution in [-0.2, 0) is 0 Å². The number of rotatable bonds is 5. The molecule has 2 heteroatoms. The van der Waals surface area contributed by atoms with Crippen LogP contribution in [0, 0.1) is 0 Å². The molecule has 12 rings (SSSR count). The molecule has 2 aromatic heterocycles. The maximum absolute atomic E-state index is 2.48. The first kappa shape index (κ1) is 32.6. The number of hydrogen-bond donors (Lipinski definition) is 0. The topological polar surface area (TPSA) is 9.86 Å². The Bertz CT molecular complexity index is 3460. The van der Waals surface area contributed by atoms with Gasteiger partial charge < -0.3 is 9.13 Å². The summed E-state index contributed by atoms with van der Waals surface area (Å²) >= 11 is 0. The van der Waals surface area contributed by atoms with E-state index >= 15 is 0 Å². The summed E-state index contributed by atoms with van der Waals surface area (Å²) in [6.07, 6.45) is 0. The van der Waals surface area contributed by atoms with Crippen LogP contribution in [0.15, 0.2) is 218 Å². The summed E-state index contributed by atoms with van der Waals surface area (Å²) in [5.74, 6) is 0. The Morgan fingerprint density at radius 3 is 1.17 bits per heavy atom. The fraction of sp³-hybridized carbons (Fsp3) is 0. The zero-order valence-corrected chi connectivity index (χ0v) is 31.7. The van der Waals surface area contributed by atoms with Gasteiger partial charge in [-0.05, 0) is 110 Å². The summed E-state index contributed by atoms with van der Waals surface area (Å²) in [6, 6.07) is 80.2. The number of benzene rings is 10. The van der Waals surface area contributed by atoms with E-state index in [2.05, 4.69) is 228 Å². The van der Waals surface area contributed by atoms with Crippen molar-refractivity contribution in [1.29, 1.82) is 0 Å². The van der Waals surface area contributed by atoms with Crippen molar-refractivity contribution in [2.45, 2.75) is 0 Å². The van der Waals surface area contributed by atoms with Crippen molar-refractivity contribution in [2.24, 2.45) is 0 Å². The van der Waals surface area contributed by atoms with Crippen molar-refractivity contribution < 1.29 is 0 Å². The van der Waals surface area contributed by atoms with Gasteiger partial charge in [-0.25, -0.2) is 0 Å². The van der Waals surface area contributed by atoms with Gasteiger partial charge >= 0.3 is 0 Å². The molecule has 0 unspecified atom stereocenters. The molecule has 0 aliphatic heterocycles. The monoisotopic (exact) mass is 736 g/mol. The Morgan fingerprint density at radius 2 is 0.638 bits per heavy atom. The Labute approximate surface area is 336 Å². The smallest absolute Gasteiger partial charge is 0.0547 e. The summed E-state index contributed by atoms with van der Waals surface area (Å²) in [4.78, 5) is 0. The second-order valence-corrected chi connectivity index (χ2v) is 15.3. The van der Waals surface area contributed by atoms with Gasteiger partial charge in [0, 0.05) is 32.9 Å². The zero-order valence-electron chi connectivity index (χ0n) is 31.7. The molecule has 270 valence electrons. The molecule has 0 saturated carbocycles. The molecule has 0 bridgehead atoms. The van der Waals surface area contributed by atoms with Crippen molar-refractivity contribution in [3.05, 3.63) is 218 Å². The molecular formula is C56H36N2. The zero-order chi connectivity index (χ0) is 38.2. The van der Waals surface area contributed by atoms with E-state index in [9.17, 15) is 0 Å². The Hall–Kier alpha value is -7.68. The highest BCUT2D eigenvalue weighted by Gasteiger charge is 2.18.